The van der Waals surface area contributed by atoms with Gasteiger partial charge in [-0.3, -0.25) is 0 Å². The van der Waals surface area contributed by atoms with Crippen molar-refractivity contribution in [2.75, 3.05) is 36.9 Å². The molecule has 3 heterocycles. The zero-order chi connectivity index (χ0) is 13.6. The predicted molar refractivity (Wildman–Crippen MR) is 74.5 cm³/mol. The Morgan fingerprint density at radius 2 is 1.90 bits per heavy atom. The number of oxazole rings is 1. The number of benzene rings is 1. The SMILES string of the molecule is Nc1ccc2nc(N3CCC4(CC3)OCCO4)oc2c1. The summed E-state index contributed by atoms with van der Waals surface area (Å²) in [6.07, 6.45) is 1.68. The second-order valence-electron chi connectivity index (χ2n) is 5.32. The fourth-order valence-electron chi connectivity index (χ4n) is 2.89. The number of aromatic nitrogens is 1. The Bertz CT molecular complexity index is 624. The smallest absolute Gasteiger partial charge is 0.298 e. The summed E-state index contributed by atoms with van der Waals surface area (Å²) in [5.74, 6) is -0.368. The highest BCUT2D eigenvalue weighted by Gasteiger charge is 2.40. The molecule has 0 unspecified atom stereocenters. The average molecular weight is 275 g/mol. The molecular formula is C14H17N3O3. The lowest BCUT2D eigenvalue weighted by Crippen LogP contribution is -2.45. The Kier molecular flexibility index (Phi) is 2.61. The maximum absolute atomic E-state index is 5.79. The summed E-state index contributed by atoms with van der Waals surface area (Å²) in [7, 11) is 0. The summed E-state index contributed by atoms with van der Waals surface area (Å²) in [5, 5.41) is 0. The van der Waals surface area contributed by atoms with E-state index in [1.165, 1.54) is 0 Å². The minimum atomic E-state index is -0.368. The van der Waals surface area contributed by atoms with Crippen molar-refractivity contribution >= 4 is 22.8 Å². The largest absolute Gasteiger partial charge is 0.423 e. The lowest BCUT2D eigenvalue weighted by atomic mass is 10.0. The van der Waals surface area contributed by atoms with Crippen LogP contribution in [0.1, 0.15) is 12.8 Å². The number of fused-ring (bicyclic) bond motifs is 1. The molecule has 106 valence electrons. The van der Waals surface area contributed by atoms with E-state index in [1.807, 2.05) is 12.1 Å². The van der Waals surface area contributed by atoms with Crippen molar-refractivity contribution in [3.05, 3.63) is 18.2 Å². The van der Waals surface area contributed by atoms with Gasteiger partial charge in [0, 0.05) is 37.7 Å². The molecule has 1 aromatic carbocycles. The van der Waals surface area contributed by atoms with E-state index in [9.17, 15) is 0 Å². The number of hydrogen-bond donors (Lipinski definition) is 1. The van der Waals surface area contributed by atoms with Gasteiger partial charge in [0.2, 0.25) is 0 Å². The highest BCUT2D eigenvalue weighted by Crippen LogP contribution is 2.33. The number of nitrogen functional groups attached to an aromatic ring is 1. The molecule has 2 saturated heterocycles. The quantitative estimate of drug-likeness (QED) is 0.799. The van der Waals surface area contributed by atoms with Crippen molar-refractivity contribution in [1.29, 1.82) is 0 Å². The number of ether oxygens (including phenoxy) is 2. The minimum absolute atomic E-state index is 0.368. The minimum Gasteiger partial charge on any atom is -0.423 e. The van der Waals surface area contributed by atoms with E-state index < -0.39 is 0 Å². The number of hydrogen-bond acceptors (Lipinski definition) is 6. The Morgan fingerprint density at radius 3 is 2.65 bits per heavy atom. The van der Waals surface area contributed by atoms with Crippen LogP contribution in [0.4, 0.5) is 11.7 Å². The van der Waals surface area contributed by atoms with Crippen molar-refractivity contribution in [3.63, 3.8) is 0 Å². The van der Waals surface area contributed by atoms with Crippen LogP contribution in [-0.2, 0) is 9.47 Å². The molecule has 6 heteroatoms. The van der Waals surface area contributed by atoms with Crippen molar-refractivity contribution < 1.29 is 13.9 Å². The van der Waals surface area contributed by atoms with Crippen LogP contribution < -0.4 is 10.6 Å². The van der Waals surface area contributed by atoms with Gasteiger partial charge in [0.25, 0.3) is 6.01 Å². The van der Waals surface area contributed by atoms with Crippen LogP contribution in [0.2, 0.25) is 0 Å². The van der Waals surface area contributed by atoms with Gasteiger partial charge in [-0.05, 0) is 12.1 Å². The van der Waals surface area contributed by atoms with Gasteiger partial charge < -0.3 is 24.5 Å². The van der Waals surface area contributed by atoms with Crippen LogP contribution in [-0.4, -0.2) is 37.1 Å². The molecule has 0 saturated carbocycles. The molecule has 4 rings (SSSR count). The first-order valence-electron chi connectivity index (χ1n) is 6.93. The van der Waals surface area contributed by atoms with E-state index in [0.29, 0.717) is 24.9 Å². The molecule has 1 aromatic heterocycles. The monoisotopic (exact) mass is 275 g/mol. The van der Waals surface area contributed by atoms with Crippen molar-refractivity contribution in [2.45, 2.75) is 18.6 Å². The van der Waals surface area contributed by atoms with Gasteiger partial charge in [-0.1, -0.05) is 0 Å². The molecule has 0 bridgehead atoms. The fourth-order valence-corrected chi connectivity index (χ4v) is 2.89. The highest BCUT2D eigenvalue weighted by atomic mass is 16.7. The second kappa shape index (κ2) is 4.36. The second-order valence-corrected chi connectivity index (χ2v) is 5.32. The molecular weight excluding hydrogens is 258 g/mol. The van der Waals surface area contributed by atoms with Crippen LogP contribution in [0.15, 0.2) is 22.6 Å². The van der Waals surface area contributed by atoms with Gasteiger partial charge in [-0.15, -0.1) is 0 Å². The molecule has 2 aromatic rings. The molecule has 2 aliphatic heterocycles. The normalized spacial score (nSPS) is 21.9. The van der Waals surface area contributed by atoms with Crippen LogP contribution in [0.5, 0.6) is 0 Å². The zero-order valence-electron chi connectivity index (χ0n) is 11.2. The number of nitrogens with zero attached hydrogens (tertiary/aromatic N) is 2. The van der Waals surface area contributed by atoms with E-state index in [2.05, 4.69) is 9.88 Å². The van der Waals surface area contributed by atoms with Gasteiger partial charge in [0.15, 0.2) is 11.4 Å². The van der Waals surface area contributed by atoms with Gasteiger partial charge in [-0.25, -0.2) is 0 Å². The number of rotatable bonds is 1. The van der Waals surface area contributed by atoms with Crippen LogP contribution >= 0.6 is 0 Å². The first kappa shape index (κ1) is 12.0. The molecule has 0 aliphatic carbocycles. The fraction of sp³-hybridized carbons (Fsp3) is 0.500. The molecule has 6 nitrogen and oxygen atoms in total. The standard InChI is InChI=1S/C14H17N3O3/c15-10-1-2-11-12(9-10)20-13(16-11)17-5-3-14(4-6-17)18-7-8-19-14/h1-2,9H,3-8,15H2. The summed E-state index contributed by atoms with van der Waals surface area (Å²) in [6, 6.07) is 6.17. The average Bonchev–Trinajstić information content (AvgIpc) is 3.06. The Hall–Kier alpha value is -1.79. The van der Waals surface area contributed by atoms with E-state index in [-0.39, 0.29) is 5.79 Å². The van der Waals surface area contributed by atoms with Crippen molar-refractivity contribution in [2.24, 2.45) is 0 Å². The number of anilines is 2. The zero-order valence-corrected chi connectivity index (χ0v) is 11.2. The summed E-state index contributed by atoms with van der Waals surface area (Å²) >= 11 is 0. The van der Waals surface area contributed by atoms with E-state index >= 15 is 0 Å². The van der Waals surface area contributed by atoms with E-state index in [4.69, 9.17) is 19.6 Å². The maximum Gasteiger partial charge on any atom is 0.298 e. The van der Waals surface area contributed by atoms with Gasteiger partial charge in [-0.2, -0.15) is 4.98 Å². The number of nitrogens with two attached hydrogens (primary N) is 1. The number of piperidine rings is 1. The van der Waals surface area contributed by atoms with Gasteiger partial charge in [0.1, 0.15) is 5.52 Å². The summed E-state index contributed by atoms with van der Waals surface area (Å²) in [5.41, 5.74) is 8.01. The molecule has 20 heavy (non-hydrogen) atoms. The molecule has 2 fully saturated rings. The van der Waals surface area contributed by atoms with Crippen molar-refractivity contribution in [1.82, 2.24) is 4.98 Å². The highest BCUT2D eigenvalue weighted by molar-refractivity contribution is 5.78. The van der Waals surface area contributed by atoms with Gasteiger partial charge in [0.05, 0.1) is 13.2 Å². The predicted octanol–water partition coefficient (Wildman–Crippen LogP) is 1.75. The van der Waals surface area contributed by atoms with Crippen molar-refractivity contribution in [3.8, 4) is 0 Å². The Labute approximate surface area is 116 Å². The first-order valence-corrected chi connectivity index (χ1v) is 6.93. The topological polar surface area (TPSA) is 73.8 Å². The van der Waals surface area contributed by atoms with Crippen LogP contribution in [0, 0.1) is 0 Å². The molecule has 0 atom stereocenters. The molecule has 2 N–H and O–H groups in total. The third-order valence-electron chi connectivity index (χ3n) is 4.01. The third-order valence-corrected chi connectivity index (χ3v) is 4.01. The molecule has 2 aliphatic rings. The summed E-state index contributed by atoms with van der Waals surface area (Å²) in [4.78, 5) is 6.65. The summed E-state index contributed by atoms with van der Waals surface area (Å²) in [6.45, 7) is 3.04. The summed E-state index contributed by atoms with van der Waals surface area (Å²) < 4.78 is 17.2. The maximum atomic E-state index is 5.79. The third kappa shape index (κ3) is 1.92. The van der Waals surface area contributed by atoms with Gasteiger partial charge >= 0.3 is 0 Å². The van der Waals surface area contributed by atoms with Crippen LogP contribution in [0.3, 0.4) is 0 Å². The molecule has 1 spiro atoms. The Balaban J connectivity index is 1.55. The lowest BCUT2D eigenvalue weighted by molar-refractivity contribution is -0.169. The van der Waals surface area contributed by atoms with Crippen LogP contribution in [0.25, 0.3) is 11.1 Å². The lowest BCUT2D eigenvalue weighted by Gasteiger charge is -2.36. The first-order chi connectivity index (χ1) is 9.74. The van der Waals surface area contributed by atoms with E-state index in [0.717, 1.165) is 37.0 Å². The Morgan fingerprint density at radius 1 is 1.15 bits per heavy atom. The molecule has 0 radical (unpaired) electrons. The van der Waals surface area contributed by atoms with E-state index in [1.54, 1.807) is 6.07 Å². The molecule has 0 amide bonds.